The molecule has 0 radical (unpaired) electrons. The molecule has 0 spiro atoms. The largest absolute Gasteiger partial charge is 0.416 e. The van der Waals surface area contributed by atoms with Crippen LogP contribution in [0.4, 0.5) is 4.79 Å². The number of nitrogens with zero attached hydrogens (tertiary/aromatic N) is 4. The fraction of sp³-hybridized carbons (Fsp3) is 0.467. The lowest BCUT2D eigenvalue weighted by molar-refractivity contribution is -0.130. The molecule has 1 aliphatic heterocycles. The van der Waals surface area contributed by atoms with Crippen molar-refractivity contribution in [1.82, 2.24) is 20.4 Å². The fourth-order valence-corrected chi connectivity index (χ4v) is 2.82. The Kier molecular flexibility index (Phi) is 6.45. The molecule has 1 aromatic rings. The number of rotatable bonds is 8. The number of imide groups is 1. The average molecular weight is 365 g/mol. The normalized spacial score (nSPS) is 17.4. The Hall–Kier alpha value is -2.49. The van der Waals surface area contributed by atoms with Crippen LogP contribution in [0.1, 0.15) is 19.7 Å². The van der Waals surface area contributed by atoms with Gasteiger partial charge in [-0.1, -0.05) is 17.8 Å². The van der Waals surface area contributed by atoms with Gasteiger partial charge in [0.1, 0.15) is 0 Å². The van der Waals surface area contributed by atoms with Crippen LogP contribution in [-0.4, -0.2) is 57.5 Å². The van der Waals surface area contributed by atoms with Crippen molar-refractivity contribution in [2.24, 2.45) is 10.9 Å². The number of aromatic nitrogens is 2. The number of hydrogen-bond acceptors (Lipinski definition) is 7. The van der Waals surface area contributed by atoms with E-state index in [1.807, 2.05) is 6.92 Å². The third-order valence-electron chi connectivity index (χ3n) is 3.41. The monoisotopic (exact) mass is 365 g/mol. The summed E-state index contributed by atoms with van der Waals surface area (Å²) in [5.41, 5.74) is 0.407. The predicted molar refractivity (Wildman–Crippen MR) is 91.3 cm³/mol. The van der Waals surface area contributed by atoms with Crippen molar-refractivity contribution >= 4 is 35.3 Å². The molecule has 0 aliphatic carbocycles. The van der Waals surface area contributed by atoms with Crippen LogP contribution in [0.3, 0.4) is 0 Å². The van der Waals surface area contributed by atoms with E-state index in [1.54, 1.807) is 6.92 Å². The van der Waals surface area contributed by atoms with Crippen molar-refractivity contribution in [2.75, 3.05) is 18.8 Å². The second-order valence-electron chi connectivity index (χ2n) is 5.23. The smallest absolute Gasteiger partial charge is 0.350 e. The summed E-state index contributed by atoms with van der Waals surface area (Å²) in [7, 11) is 0. The maximum Gasteiger partial charge on any atom is 0.350 e. The average Bonchev–Trinajstić information content (AvgIpc) is 3.01. The zero-order chi connectivity index (χ0) is 18.4. The van der Waals surface area contributed by atoms with Gasteiger partial charge in [-0.2, -0.15) is 0 Å². The van der Waals surface area contributed by atoms with Crippen LogP contribution in [0.2, 0.25) is 0 Å². The molecule has 1 atom stereocenters. The highest BCUT2D eigenvalue weighted by molar-refractivity contribution is 7.99. The maximum atomic E-state index is 12.5. The van der Waals surface area contributed by atoms with Crippen molar-refractivity contribution in [3.63, 3.8) is 0 Å². The van der Waals surface area contributed by atoms with E-state index < -0.39 is 11.9 Å². The van der Waals surface area contributed by atoms with E-state index in [-0.39, 0.29) is 41.6 Å². The van der Waals surface area contributed by atoms with Gasteiger partial charge in [0.05, 0.1) is 11.7 Å². The molecule has 1 aliphatic rings. The van der Waals surface area contributed by atoms with Crippen LogP contribution in [0.25, 0.3) is 0 Å². The standard InChI is InChI=1S/C15H19N5O4S/c1-4-6-20-13(22)10(9(3)17-14(20)23)7-12-18-19-15(24-12)25-8-11(21)16-5-2/h4,10H,1,5-8H2,2-3H3,(H,16,21). The van der Waals surface area contributed by atoms with Crippen LogP contribution in [-0.2, 0) is 16.0 Å². The molecule has 0 bridgehead atoms. The lowest BCUT2D eigenvalue weighted by atomic mass is 9.97. The number of amides is 4. The first-order chi connectivity index (χ1) is 12.0. The second-order valence-corrected chi connectivity index (χ2v) is 6.16. The summed E-state index contributed by atoms with van der Waals surface area (Å²) in [6, 6.07) is -0.595. The number of nitrogens with one attached hydrogen (secondary N) is 1. The molecular weight excluding hydrogens is 346 g/mol. The molecule has 0 saturated carbocycles. The fourth-order valence-electron chi connectivity index (χ4n) is 2.21. The molecule has 0 aromatic carbocycles. The van der Waals surface area contributed by atoms with Gasteiger partial charge < -0.3 is 9.73 Å². The van der Waals surface area contributed by atoms with E-state index in [0.29, 0.717) is 12.3 Å². The summed E-state index contributed by atoms with van der Waals surface area (Å²) in [6.07, 6.45) is 1.61. The van der Waals surface area contributed by atoms with Crippen molar-refractivity contribution < 1.29 is 18.8 Å². The second kappa shape index (κ2) is 8.56. The molecule has 134 valence electrons. The third-order valence-corrected chi connectivity index (χ3v) is 4.23. The van der Waals surface area contributed by atoms with Gasteiger partial charge in [-0.3, -0.25) is 14.5 Å². The van der Waals surface area contributed by atoms with Gasteiger partial charge in [-0.15, -0.1) is 16.8 Å². The zero-order valence-electron chi connectivity index (χ0n) is 14.0. The quantitative estimate of drug-likeness (QED) is 0.540. The molecule has 25 heavy (non-hydrogen) atoms. The lowest BCUT2D eigenvalue weighted by Gasteiger charge is -2.27. The van der Waals surface area contributed by atoms with Crippen LogP contribution >= 0.6 is 11.8 Å². The number of carbonyl (C=O) groups is 3. The predicted octanol–water partition coefficient (Wildman–Crippen LogP) is 1.07. The Balaban J connectivity index is 2.02. The number of thioether (sulfide) groups is 1. The maximum absolute atomic E-state index is 12.5. The van der Waals surface area contributed by atoms with Crippen molar-refractivity contribution in [1.29, 1.82) is 0 Å². The van der Waals surface area contributed by atoms with Crippen LogP contribution in [0.15, 0.2) is 27.3 Å². The van der Waals surface area contributed by atoms with E-state index >= 15 is 0 Å². The molecule has 1 N–H and O–H groups in total. The number of aliphatic imine (C=N–C) groups is 1. The molecule has 2 rings (SSSR count). The molecule has 0 fully saturated rings. The summed E-state index contributed by atoms with van der Waals surface area (Å²) in [5.74, 6) is -0.720. The molecule has 1 aromatic heterocycles. The summed E-state index contributed by atoms with van der Waals surface area (Å²) in [6.45, 7) is 7.63. The van der Waals surface area contributed by atoms with Crippen molar-refractivity contribution in [3.05, 3.63) is 18.5 Å². The van der Waals surface area contributed by atoms with Crippen molar-refractivity contribution in [2.45, 2.75) is 25.5 Å². The van der Waals surface area contributed by atoms with Crippen LogP contribution in [0.5, 0.6) is 0 Å². The zero-order valence-corrected chi connectivity index (χ0v) is 14.8. The molecular formula is C15H19N5O4S. The Morgan fingerprint density at radius 3 is 2.88 bits per heavy atom. The Labute approximate surface area is 148 Å². The summed E-state index contributed by atoms with van der Waals surface area (Å²) in [5, 5.41) is 10.7. The molecule has 10 heteroatoms. The van der Waals surface area contributed by atoms with Crippen molar-refractivity contribution in [3.8, 4) is 0 Å². The Morgan fingerprint density at radius 2 is 2.20 bits per heavy atom. The van der Waals surface area contributed by atoms with E-state index in [0.717, 1.165) is 16.7 Å². The molecule has 0 saturated heterocycles. The number of hydrogen-bond donors (Lipinski definition) is 1. The van der Waals surface area contributed by atoms with Gasteiger partial charge in [0.25, 0.3) is 5.22 Å². The highest BCUT2D eigenvalue weighted by atomic mass is 32.2. The van der Waals surface area contributed by atoms with E-state index in [4.69, 9.17) is 4.42 Å². The minimum Gasteiger partial charge on any atom is -0.416 e. The van der Waals surface area contributed by atoms with Gasteiger partial charge in [-0.25, -0.2) is 9.79 Å². The Morgan fingerprint density at radius 1 is 1.44 bits per heavy atom. The van der Waals surface area contributed by atoms with Gasteiger partial charge in [-0.05, 0) is 13.8 Å². The molecule has 1 unspecified atom stereocenters. The first-order valence-electron chi connectivity index (χ1n) is 7.69. The highest BCUT2D eigenvalue weighted by Gasteiger charge is 2.36. The van der Waals surface area contributed by atoms with Gasteiger partial charge >= 0.3 is 6.03 Å². The Bertz CT molecular complexity index is 715. The van der Waals surface area contributed by atoms with E-state index in [2.05, 4.69) is 27.1 Å². The number of urea groups is 1. The minimum atomic E-state index is -0.639. The highest BCUT2D eigenvalue weighted by Crippen LogP contribution is 2.21. The SMILES string of the molecule is C=CCN1C(=O)N=C(C)C(Cc2nnc(SCC(=O)NCC)o2)C1=O. The van der Waals surface area contributed by atoms with E-state index in [1.165, 1.54) is 6.08 Å². The van der Waals surface area contributed by atoms with Gasteiger partial charge in [0.15, 0.2) is 0 Å². The summed E-state index contributed by atoms with van der Waals surface area (Å²) >= 11 is 1.12. The molecule has 9 nitrogen and oxygen atoms in total. The summed E-state index contributed by atoms with van der Waals surface area (Å²) in [4.78, 5) is 40.6. The first kappa shape index (κ1) is 18.8. The van der Waals surface area contributed by atoms with Crippen LogP contribution in [0, 0.1) is 5.92 Å². The minimum absolute atomic E-state index is 0.0996. The summed E-state index contributed by atoms with van der Waals surface area (Å²) < 4.78 is 5.46. The van der Waals surface area contributed by atoms with Crippen LogP contribution < -0.4 is 5.32 Å². The topological polar surface area (TPSA) is 118 Å². The first-order valence-corrected chi connectivity index (χ1v) is 8.68. The third kappa shape index (κ3) is 4.75. The molecule has 4 amide bonds. The lowest BCUT2D eigenvalue weighted by Crippen LogP contribution is -2.46. The molecule has 2 heterocycles. The van der Waals surface area contributed by atoms with Gasteiger partial charge in [0.2, 0.25) is 17.7 Å². The van der Waals surface area contributed by atoms with E-state index in [9.17, 15) is 14.4 Å². The van der Waals surface area contributed by atoms with Gasteiger partial charge in [0, 0.05) is 25.2 Å². The number of carbonyl (C=O) groups excluding carboxylic acids is 3.